The molecule has 16 heavy (non-hydrogen) atoms. The highest BCUT2D eigenvalue weighted by molar-refractivity contribution is 7.11. The molecular weight excluding hydrogens is 225 g/mol. The molecule has 0 radical (unpaired) electrons. The Morgan fingerprint density at radius 1 is 1.38 bits per heavy atom. The molecule has 0 saturated carbocycles. The van der Waals surface area contributed by atoms with Gasteiger partial charge in [0.05, 0.1) is 11.5 Å². The molecular formula is C12H10FNOS. The number of aliphatic hydroxyl groups excluding tert-OH is 1. The van der Waals surface area contributed by atoms with Gasteiger partial charge < -0.3 is 5.11 Å². The molecule has 0 bridgehead atoms. The van der Waals surface area contributed by atoms with Crippen LogP contribution >= 0.6 is 11.3 Å². The van der Waals surface area contributed by atoms with Crippen LogP contribution in [0.5, 0.6) is 0 Å². The van der Waals surface area contributed by atoms with Crippen LogP contribution in [0.25, 0.3) is 17.0 Å². The molecule has 2 aromatic rings. The Kier molecular flexibility index (Phi) is 3.44. The number of nitrogens with zero attached hydrogens (tertiary/aromatic N) is 1. The Bertz CT molecular complexity index is 493. The molecule has 2 heterocycles. The van der Waals surface area contributed by atoms with E-state index in [0.29, 0.717) is 4.88 Å². The first-order valence-electron chi connectivity index (χ1n) is 4.77. The summed E-state index contributed by atoms with van der Waals surface area (Å²) in [6, 6.07) is 5.51. The van der Waals surface area contributed by atoms with Crippen molar-refractivity contribution in [1.82, 2.24) is 4.98 Å². The predicted octanol–water partition coefficient (Wildman–Crippen LogP) is 3.11. The zero-order valence-corrected chi connectivity index (χ0v) is 9.25. The van der Waals surface area contributed by atoms with E-state index in [1.54, 1.807) is 18.5 Å². The van der Waals surface area contributed by atoms with E-state index in [1.165, 1.54) is 11.3 Å². The van der Waals surface area contributed by atoms with E-state index in [9.17, 15) is 4.39 Å². The maximum Gasteiger partial charge on any atom is 0.138 e. The van der Waals surface area contributed by atoms with Crippen molar-refractivity contribution in [2.24, 2.45) is 0 Å². The van der Waals surface area contributed by atoms with Crippen LogP contribution in [0.4, 0.5) is 4.39 Å². The second kappa shape index (κ2) is 5.01. The summed E-state index contributed by atoms with van der Waals surface area (Å²) in [6.07, 6.45) is 4.56. The lowest BCUT2D eigenvalue weighted by Crippen LogP contribution is -1.76. The highest BCUT2D eigenvalue weighted by Crippen LogP contribution is 2.29. The van der Waals surface area contributed by atoms with Gasteiger partial charge >= 0.3 is 0 Å². The fourth-order valence-electron chi connectivity index (χ4n) is 1.34. The Morgan fingerprint density at radius 2 is 2.12 bits per heavy atom. The Balaban J connectivity index is 2.30. The van der Waals surface area contributed by atoms with Gasteiger partial charge in [0.15, 0.2) is 0 Å². The van der Waals surface area contributed by atoms with Gasteiger partial charge in [-0.1, -0.05) is 0 Å². The van der Waals surface area contributed by atoms with E-state index >= 15 is 0 Å². The molecule has 0 atom stereocenters. The van der Waals surface area contributed by atoms with E-state index in [-0.39, 0.29) is 12.4 Å². The van der Waals surface area contributed by atoms with Crippen LogP contribution in [0.15, 0.2) is 42.0 Å². The van der Waals surface area contributed by atoms with Gasteiger partial charge in [0.2, 0.25) is 0 Å². The van der Waals surface area contributed by atoms with Gasteiger partial charge in [0, 0.05) is 12.4 Å². The van der Waals surface area contributed by atoms with Crippen molar-refractivity contribution < 1.29 is 9.50 Å². The number of thiophene rings is 1. The van der Waals surface area contributed by atoms with Crippen LogP contribution in [0.1, 0.15) is 4.88 Å². The number of pyridine rings is 1. The maximum atomic E-state index is 13.4. The van der Waals surface area contributed by atoms with E-state index in [1.807, 2.05) is 17.5 Å². The minimum atomic E-state index is -0.382. The Labute approximate surface area is 96.7 Å². The average Bonchev–Trinajstić information content (AvgIpc) is 2.80. The van der Waals surface area contributed by atoms with Crippen LogP contribution < -0.4 is 0 Å². The summed E-state index contributed by atoms with van der Waals surface area (Å²) in [5.41, 5.74) is 1.97. The highest BCUT2D eigenvalue weighted by atomic mass is 32.1. The second-order valence-corrected chi connectivity index (χ2v) is 4.08. The quantitative estimate of drug-likeness (QED) is 0.886. The van der Waals surface area contributed by atoms with Crippen LogP contribution in [-0.2, 0) is 0 Å². The molecule has 0 fully saturated rings. The van der Waals surface area contributed by atoms with E-state index in [0.717, 1.165) is 17.2 Å². The topological polar surface area (TPSA) is 33.1 Å². The largest absolute Gasteiger partial charge is 0.392 e. The van der Waals surface area contributed by atoms with E-state index in [4.69, 9.17) is 5.11 Å². The van der Waals surface area contributed by atoms with Crippen molar-refractivity contribution in [2.75, 3.05) is 6.61 Å². The summed E-state index contributed by atoms with van der Waals surface area (Å²) in [4.78, 5) is 4.46. The number of aromatic nitrogens is 1. The van der Waals surface area contributed by atoms with Crippen LogP contribution in [0.2, 0.25) is 0 Å². The summed E-state index contributed by atoms with van der Waals surface area (Å²) in [5.74, 6) is -0.382. The summed E-state index contributed by atoms with van der Waals surface area (Å²) in [6.45, 7) is -0.283. The minimum absolute atomic E-state index is 0.283. The van der Waals surface area contributed by atoms with Crippen LogP contribution in [0, 0.1) is 0 Å². The Hall–Kier alpha value is -1.52. The van der Waals surface area contributed by atoms with Crippen molar-refractivity contribution >= 4 is 17.2 Å². The van der Waals surface area contributed by atoms with Gasteiger partial charge in [0.1, 0.15) is 5.83 Å². The van der Waals surface area contributed by atoms with E-state index < -0.39 is 0 Å². The fourth-order valence-corrected chi connectivity index (χ4v) is 2.19. The summed E-state index contributed by atoms with van der Waals surface area (Å²) in [7, 11) is 0. The Morgan fingerprint density at radius 3 is 2.81 bits per heavy atom. The van der Waals surface area contributed by atoms with Crippen molar-refractivity contribution in [3.63, 3.8) is 0 Å². The molecule has 0 amide bonds. The summed E-state index contributed by atoms with van der Waals surface area (Å²) in [5, 5.41) is 10.5. The smallest absolute Gasteiger partial charge is 0.138 e. The first-order chi connectivity index (χ1) is 7.81. The molecule has 2 nitrogen and oxygen atoms in total. The molecule has 0 aliphatic rings. The van der Waals surface area contributed by atoms with E-state index in [2.05, 4.69) is 4.98 Å². The SMILES string of the molecule is OCC=C(F)c1cc(-c2ccncc2)cs1. The lowest BCUT2D eigenvalue weighted by Gasteiger charge is -1.94. The van der Waals surface area contributed by atoms with Gasteiger partial charge in [-0.05, 0) is 40.8 Å². The normalized spacial score (nSPS) is 11.8. The summed E-state index contributed by atoms with van der Waals surface area (Å²) < 4.78 is 13.4. The molecule has 2 rings (SSSR count). The number of aliphatic hydroxyl groups is 1. The van der Waals surface area contributed by atoms with Gasteiger partial charge in [-0.25, -0.2) is 4.39 Å². The zero-order valence-electron chi connectivity index (χ0n) is 8.43. The third kappa shape index (κ3) is 2.35. The van der Waals surface area contributed by atoms with Gasteiger partial charge in [-0.15, -0.1) is 11.3 Å². The molecule has 0 unspecified atom stereocenters. The monoisotopic (exact) mass is 235 g/mol. The number of rotatable bonds is 3. The predicted molar refractivity (Wildman–Crippen MR) is 63.7 cm³/mol. The number of hydrogen-bond donors (Lipinski definition) is 1. The molecule has 0 aliphatic carbocycles. The minimum Gasteiger partial charge on any atom is -0.392 e. The first-order valence-corrected chi connectivity index (χ1v) is 5.65. The maximum absolute atomic E-state index is 13.4. The highest BCUT2D eigenvalue weighted by Gasteiger charge is 2.05. The first kappa shape index (κ1) is 11.0. The van der Waals surface area contributed by atoms with Gasteiger partial charge in [-0.2, -0.15) is 0 Å². The molecule has 2 aromatic heterocycles. The van der Waals surface area contributed by atoms with Crippen molar-refractivity contribution in [1.29, 1.82) is 0 Å². The molecule has 82 valence electrons. The molecule has 0 saturated heterocycles. The van der Waals surface area contributed by atoms with Crippen LogP contribution in [0.3, 0.4) is 0 Å². The fraction of sp³-hybridized carbons (Fsp3) is 0.0833. The average molecular weight is 235 g/mol. The van der Waals surface area contributed by atoms with Gasteiger partial charge in [-0.3, -0.25) is 4.98 Å². The van der Waals surface area contributed by atoms with Crippen LogP contribution in [-0.4, -0.2) is 16.7 Å². The molecule has 0 aromatic carbocycles. The molecule has 0 spiro atoms. The molecule has 0 aliphatic heterocycles. The molecule has 4 heteroatoms. The molecule has 1 N–H and O–H groups in total. The second-order valence-electron chi connectivity index (χ2n) is 3.17. The number of hydrogen-bond acceptors (Lipinski definition) is 3. The van der Waals surface area contributed by atoms with Crippen molar-refractivity contribution in [2.45, 2.75) is 0 Å². The lowest BCUT2D eigenvalue weighted by molar-refractivity contribution is 0.342. The zero-order chi connectivity index (χ0) is 11.4. The lowest BCUT2D eigenvalue weighted by atomic mass is 10.1. The summed E-state index contributed by atoms with van der Waals surface area (Å²) >= 11 is 1.32. The van der Waals surface area contributed by atoms with Gasteiger partial charge in [0.25, 0.3) is 0 Å². The third-order valence-electron chi connectivity index (χ3n) is 2.12. The van der Waals surface area contributed by atoms with Crippen molar-refractivity contribution in [3.05, 3.63) is 46.9 Å². The standard InChI is InChI=1S/C12H10FNOS/c13-11(3-6-15)12-7-10(8-16-12)9-1-4-14-5-2-9/h1-5,7-8,15H,6H2. The third-order valence-corrected chi connectivity index (χ3v) is 3.06. The number of halogens is 1. The van der Waals surface area contributed by atoms with Crippen molar-refractivity contribution in [3.8, 4) is 11.1 Å².